The molecule has 5 heteroatoms. The van der Waals surface area contributed by atoms with Crippen molar-refractivity contribution in [3.8, 4) is 0 Å². The number of nitrogens with one attached hydrogen (secondary N) is 2. The van der Waals surface area contributed by atoms with Crippen LogP contribution >= 0.6 is 0 Å². The van der Waals surface area contributed by atoms with Gasteiger partial charge in [-0.3, -0.25) is 0 Å². The smallest absolute Gasteiger partial charge is 0.212 e. The van der Waals surface area contributed by atoms with Gasteiger partial charge in [0, 0.05) is 11.6 Å². The zero-order valence-corrected chi connectivity index (χ0v) is 11.5. The van der Waals surface area contributed by atoms with Crippen molar-refractivity contribution >= 4 is 10.0 Å². The minimum Gasteiger partial charge on any atom is -0.314 e. The maximum atomic E-state index is 11.9. The molecule has 1 saturated heterocycles. The molecule has 0 aromatic carbocycles. The van der Waals surface area contributed by atoms with Gasteiger partial charge in [-0.15, -0.1) is 0 Å². The van der Waals surface area contributed by atoms with Gasteiger partial charge in [0.1, 0.15) is 0 Å². The van der Waals surface area contributed by atoms with Crippen LogP contribution in [0.1, 0.15) is 51.9 Å². The topological polar surface area (TPSA) is 58.2 Å². The second-order valence-electron chi connectivity index (χ2n) is 5.77. The first-order valence-corrected chi connectivity index (χ1v) is 8.39. The monoisotopic (exact) mass is 260 g/mol. The molecule has 0 bridgehead atoms. The second kappa shape index (κ2) is 5.24. The zero-order valence-electron chi connectivity index (χ0n) is 10.7. The van der Waals surface area contributed by atoms with Gasteiger partial charge >= 0.3 is 0 Å². The largest absolute Gasteiger partial charge is 0.314 e. The maximum absolute atomic E-state index is 11.9. The van der Waals surface area contributed by atoms with Crippen LogP contribution in [0.4, 0.5) is 0 Å². The molecule has 17 heavy (non-hydrogen) atoms. The van der Waals surface area contributed by atoms with E-state index in [0.29, 0.717) is 6.04 Å². The van der Waals surface area contributed by atoms with Crippen molar-refractivity contribution in [2.24, 2.45) is 0 Å². The van der Waals surface area contributed by atoms with E-state index in [1.807, 2.05) is 6.92 Å². The van der Waals surface area contributed by atoms with E-state index in [1.54, 1.807) is 0 Å². The molecule has 1 heterocycles. The molecule has 0 aromatic rings. The van der Waals surface area contributed by atoms with E-state index < -0.39 is 10.0 Å². The van der Waals surface area contributed by atoms with Gasteiger partial charge in [-0.05, 0) is 52.0 Å². The van der Waals surface area contributed by atoms with Crippen LogP contribution in [-0.4, -0.2) is 32.3 Å². The van der Waals surface area contributed by atoms with Crippen molar-refractivity contribution in [1.29, 1.82) is 0 Å². The van der Waals surface area contributed by atoms with Gasteiger partial charge in [-0.2, -0.15) is 0 Å². The molecule has 1 aliphatic heterocycles. The molecular formula is C12H24N2O2S. The molecule has 1 unspecified atom stereocenters. The summed E-state index contributed by atoms with van der Waals surface area (Å²) >= 11 is 0. The third-order valence-electron chi connectivity index (χ3n) is 4.01. The van der Waals surface area contributed by atoms with Crippen LogP contribution in [0.25, 0.3) is 0 Å². The Morgan fingerprint density at radius 3 is 2.59 bits per heavy atom. The van der Waals surface area contributed by atoms with Crippen LogP contribution in [0, 0.1) is 0 Å². The lowest BCUT2D eigenvalue weighted by Crippen LogP contribution is -2.51. The summed E-state index contributed by atoms with van der Waals surface area (Å²) in [5, 5.41) is 3.39. The van der Waals surface area contributed by atoms with E-state index in [0.717, 1.165) is 38.6 Å². The van der Waals surface area contributed by atoms with Gasteiger partial charge in [0.15, 0.2) is 0 Å². The minimum absolute atomic E-state index is 0.154. The fourth-order valence-corrected chi connectivity index (χ4v) is 4.36. The summed E-state index contributed by atoms with van der Waals surface area (Å²) < 4.78 is 26.7. The quantitative estimate of drug-likeness (QED) is 0.785. The molecule has 1 atom stereocenters. The second-order valence-corrected chi connectivity index (χ2v) is 7.61. The lowest BCUT2D eigenvalue weighted by molar-refractivity contribution is 0.247. The average molecular weight is 260 g/mol. The van der Waals surface area contributed by atoms with Gasteiger partial charge in [-0.1, -0.05) is 6.42 Å². The van der Waals surface area contributed by atoms with Crippen LogP contribution in [0.2, 0.25) is 0 Å². The molecule has 1 saturated carbocycles. The summed E-state index contributed by atoms with van der Waals surface area (Å²) in [4.78, 5) is 0. The van der Waals surface area contributed by atoms with E-state index in [9.17, 15) is 8.42 Å². The van der Waals surface area contributed by atoms with Crippen LogP contribution in [0.15, 0.2) is 0 Å². The Morgan fingerprint density at radius 1 is 1.29 bits per heavy atom. The first-order valence-electron chi connectivity index (χ1n) is 6.74. The Bertz CT molecular complexity index is 344. The molecule has 2 aliphatic rings. The lowest BCUT2D eigenvalue weighted by atomic mass is 9.80. The Kier molecular flexibility index (Phi) is 4.10. The summed E-state index contributed by atoms with van der Waals surface area (Å²) in [7, 11) is -3.09. The Labute approximate surface area is 105 Å². The molecule has 0 amide bonds. The number of hydrogen-bond donors (Lipinski definition) is 2. The van der Waals surface area contributed by atoms with Crippen LogP contribution < -0.4 is 10.0 Å². The lowest BCUT2D eigenvalue weighted by Gasteiger charge is -2.38. The minimum atomic E-state index is -3.09. The van der Waals surface area contributed by atoms with E-state index in [2.05, 4.69) is 10.0 Å². The Balaban J connectivity index is 1.76. The first kappa shape index (κ1) is 13.3. The van der Waals surface area contributed by atoms with E-state index in [-0.39, 0.29) is 11.3 Å². The SMILES string of the molecule is CC1(NS(=O)(=O)CCC2CCCCN2)CCC1. The van der Waals surface area contributed by atoms with Crippen LogP contribution in [-0.2, 0) is 10.0 Å². The van der Waals surface area contributed by atoms with Crippen molar-refractivity contribution in [2.75, 3.05) is 12.3 Å². The fourth-order valence-electron chi connectivity index (χ4n) is 2.70. The molecule has 0 aromatic heterocycles. The molecule has 2 rings (SSSR count). The van der Waals surface area contributed by atoms with Crippen molar-refractivity contribution in [3.63, 3.8) is 0 Å². The van der Waals surface area contributed by atoms with E-state index in [4.69, 9.17) is 0 Å². The van der Waals surface area contributed by atoms with Crippen molar-refractivity contribution in [3.05, 3.63) is 0 Å². The summed E-state index contributed by atoms with van der Waals surface area (Å²) in [5.74, 6) is 0.264. The van der Waals surface area contributed by atoms with Crippen molar-refractivity contribution in [2.45, 2.75) is 63.5 Å². The highest BCUT2D eigenvalue weighted by Crippen LogP contribution is 2.31. The number of rotatable bonds is 5. The van der Waals surface area contributed by atoms with E-state index >= 15 is 0 Å². The van der Waals surface area contributed by atoms with Gasteiger partial charge in [0.25, 0.3) is 0 Å². The highest BCUT2D eigenvalue weighted by molar-refractivity contribution is 7.89. The van der Waals surface area contributed by atoms with E-state index in [1.165, 1.54) is 12.8 Å². The number of piperidine rings is 1. The summed E-state index contributed by atoms with van der Waals surface area (Å²) in [5.41, 5.74) is -0.154. The molecule has 4 nitrogen and oxygen atoms in total. The van der Waals surface area contributed by atoms with Crippen LogP contribution in [0.5, 0.6) is 0 Å². The highest BCUT2D eigenvalue weighted by Gasteiger charge is 2.35. The van der Waals surface area contributed by atoms with Crippen LogP contribution in [0.3, 0.4) is 0 Å². The van der Waals surface area contributed by atoms with Gasteiger partial charge in [0.05, 0.1) is 5.75 Å². The molecule has 0 spiro atoms. The number of sulfonamides is 1. The molecule has 2 N–H and O–H groups in total. The van der Waals surface area contributed by atoms with Gasteiger partial charge in [0.2, 0.25) is 10.0 Å². The normalized spacial score (nSPS) is 28.6. The molecule has 1 aliphatic carbocycles. The van der Waals surface area contributed by atoms with Gasteiger partial charge < -0.3 is 5.32 Å². The summed E-state index contributed by atoms with van der Waals surface area (Å²) in [6, 6.07) is 0.398. The predicted octanol–water partition coefficient (Wildman–Crippen LogP) is 1.38. The van der Waals surface area contributed by atoms with Crippen molar-refractivity contribution in [1.82, 2.24) is 10.0 Å². The first-order chi connectivity index (χ1) is 7.99. The standard InChI is InChI=1S/C12H24N2O2S/c1-12(7-4-8-12)14-17(15,16)10-6-11-5-2-3-9-13-11/h11,13-14H,2-10H2,1H3. The summed E-state index contributed by atoms with van der Waals surface area (Å²) in [6.07, 6.45) is 7.41. The molecule has 0 radical (unpaired) electrons. The molecular weight excluding hydrogens is 236 g/mol. The third-order valence-corrected chi connectivity index (χ3v) is 5.58. The Hall–Kier alpha value is -0.130. The highest BCUT2D eigenvalue weighted by atomic mass is 32.2. The predicted molar refractivity (Wildman–Crippen MR) is 69.4 cm³/mol. The average Bonchev–Trinajstić information content (AvgIpc) is 2.25. The van der Waals surface area contributed by atoms with Crippen molar-refractivity contribution < 1.29 is 8.42 Å². The third kappa shape index (κ3) is 3.93. The maximum Gasteiger partial charge on any atom is 0.212 e. The Morgan fingerprint density at radius 2 is 2.06 bits per heavy atom. The van der Waals surface area contributed by atoms with Gasteiger partial charge in [-0.25, -0.2) is 13.1 Å². The molecule has 2 fully saturated rings. The fraction of sp³-hybridized carbons (Fsp3) is 1.00. The molecule has 100 valence electrons. The number of hydrogen-bond acceptors (Lipinski definition) is 3. The summed E-state index contributed by atoms with van der Waals surface area (Å²) in [6.45, 7) is 3.04. The zero-order chi connectivity index (χ0) is 12.4.